The van der Waals surface area contributed by atoms with Gasteiger partial charge in [0.05, 0.1) is 43.7 Å². The number of benzene rings is 1. The van der Waals surface area contributed by atoms with E-state index in [1.54, 1.807) is 14.2 Å². The number of aliphatic hydroxyl groups excluding tert-OH is 5. The smallest absolute Gasteiger partial charge is 0.122 e. The van der Waals surface area contributed by atoms with Crippen LogP contribution < -0.4 is 10.1 Å². The summed E-state index contributed by atoms with van der Waals surface area (Å²) in [5.41, 5.74) is 2.17. The number of ether oxygens (including phenoxy) is 2. The minimum absolute atomic E-state index is 0.0180. The largest absolute Gasteiger partial charge is 0.508 e. The van der Waals surface area contributed by atoms with Gasteiger partial charge in [0.1, 0.15) is 17.6 Å². The lowest BCUT2D eigenvalue weighted by atomic mass is 9.63. The van der Waals surface area contributed by atoms with Gasteiger partial charge in [-0.3, -0.25) is 0 Å². The second-order valence-electron chi connectivity index (χ2n) is 11.6. The Kier molecular flexibility index (Phi) is 7.65. The SMILES string of the molecule is CNC1C[C@@H](O[C@H]2C[C@](O)(C(O)CO)CC3C2=C(O)C2=C(Cc4cccc(OC)c4C2)C3O)CC(C)C1O. The molecule has 0 heterocycles. The number of hydrogen-bond acceptors (Lipinski definition) is 9. The fraction of sp³-hybridized carbons (Fsp3) is 0.655. The zero-order chi connectivity index (χ0) is 27.4. The zero-order valence-electron chi connectivity index (χ0n) is 22.3. The highest BCUT2D eigenvalue weighted by Gasteiger charge is 2.53. The summed E-state index contributed by atoms with van der Waals surface area (Å²) < 4.78 is 12.1. The molecule has 0 aromatic heterocycles. The summed E-state index contributed by atoms with van der Waals surface area (Å²) in [5, 5.41) is 68.9. The van der Waals surface area contributed by atoms with E-state index >= 15 is 0 Å². The first-order chi connectivity index (χ1) is 18.1. The Morgan fingerprint density at radius 2 is 1.92 bits per heavy atom. The van der Waals surface area contributed by atoms with Crippen LogP contribution in [0.2, 0.25) is 0 Å². The summed E-state index contributed by atoms with van der Waals surface area (Å²) in [7, 11) is 3.41. The Morgan fingerprint density at radius 3 is 2.61 bits per heavy atom. The van der Waals surface area contributed by atoms with Crippen molar-refractivity contribution in [3.05, 3.63) is 51.8 Å². The molecule has 4 aliphatic rings. The highest BCUT2D eigenvalue weighted by molar-refractivity contribution is 5.56. The summed E-state index contributed by atoms with van der Waals surface area (Å²) >= 11 is 0. The maximum absolute atomic E-state index is 11.7. The maximum Gasteiger partial charge on any atom is 0.122 e. The molecule has 0 saturated heterocycles. The molecule has 9 atom stereocenters. The number of aliphatic hydroxyl groups is 6. The fourth-order valence-corrected chi connectivity index (χ4v) is 7.23. The van der Waals surface area contributed by atoms with Gasteiger partial charge in [-0.15, -0.1) is 0 Å². The van der Waals surface area contributed by atoms with E-state index in [1.807, 2.05) is 25.1 Å². The standard InChI is InChI=1S/C29H41NO8/c1-14-7-16(9-21(30-2)26(14)33)38-23-12-29(36,24(32)13-31)11-20-25(23)28(35)19-10-17-15(8-18(19)27(20)34)5-4-6-22(17)37-3/h4-6,14,16,20-21,23-24,26-27,30-36H,7-13H2,1-3H3/t14?,16-,20?,21?,23-,24?,26?,27?,29-/m0/s1. The lowest BCUT2D eigenvalue weighted by molar-refractivity contribution is -0.163. The molecule has 38 heavy (non-hydrogen) atoms. The molecule has 2 saturated carbocycles. The van der Waals surface area contributed by atoms with Gasteiger partial charge in [0.25, 0.3) is 0 Å². The highest BCUT2D eigenvalue weighted by Crippen LogP contribution is 2.51. The molecule has 5 rings (SSSR count). The fourth-order valence-electron chi connectivity index (χ4n) is 7.23. The van der Waals surface area contributed by atoms with Crippen LogP contribution in [0.15, 0.2) is 40.7 Å². The van der Waals surface area contributed by atoms with Crippen molar-refractivity contribution in [2.24, 2.45) is 11.8 Å². The molecule has 9 heteroatoms. The van der Waals surface area contributed by atoms with Crippen LogP contribution in [0.25, 0.3) is 0 Å². The molecular weight excluding hydrogens is 490 g/mol. The van der Waals surface area contributed by atoms with Crippen molar-refractivity contribution >= 4 is 0 Å². The predicted octanol–water partition coefficient (Wildman–Crippen LogP) is 0.904. The van der Waals surface area contributed by atoms with Crippen molar-refractivity contribution in [1.82, 2.24) is 5.32 Å². The minimum Gasteiger partial charge on any atom is -0.508 e. The van der Waals surface area contributed by atoms with Crippen LogP contribution in [-0.4, -0.2) is 93.6 Å². The van der Waals surface area contributed by atoms with Gasteiger partial charge < -0.3 is 45.4 Å². The van der Waals surface area contributed by atoms with E-state index in [-0.39, 0.29) is 36.7 Å². The second kappa shape index (κ2) is 10.5. The number of likely N-dealkylation sites (N-methyl/N-ethyl adjacent to an activating group) is 1. The molecule has 9 nitrogen and oxygen atoms in total. The summed E-state index contributed by atoms with van der Waals surface area (Å²) in [6.07, 6.45) is -2.06. The van der Waals surface area contributed by atoms with Crippen molar-refractivity contribution in [1.29, 1.82) is 0 Å². The van der Waals surface area contributed by atoms with Crippen molar-refractivity contribution in [2.75, 3.05) is 20.8 Å². The van der Waals surface area contributed by atoms with Crippen LogP contribution >= 0.6 is 0 Å². The quantitative estimate of drug-likeness (QED) is 0.284. The molecule has 0 aliphatic heterocycles. The number of rotatable bonds is 6. The van der Waals surface area contributed by atoms with Crippen molar-refractivity contribution < 1.29 is 40.1 Å². The number of methoxy groups -OCH3 is 1. The van der Waals surface area contributed by atoms with Gasteiger partial charge in [0.2, 0.25) is 0 Å². The van der Waals surface area contributed by atoms with Gasteiger partial charge in [0, 0.05) is 41.5 Å². The van der Waals surface area contributed by atoms with Crippen LogP contribution in [0.4, 0.5) is 0 Å². The van der Waals surface area contributed by atoms with E-state index in [2.05, 4.69) is 5.32 Å². The Bertz CT molecular complexity index is 1120. The molecule has 0 radical (unpaired) electrons. The Morgan fingerprint density at radius 1 is 1.16 bits per heavy atom. The van der Waals surface area contributed by atoms with Crippen molar-refractivity contribution in [3.8, 4) is 5.75 Å². The summed E-state index contributed by atoms with van der Waals surface area (Å²) in [6, 6.07) is 5.61. The van der Waals surface area contributed by atoms with E-state index in [1.165, 1.54) is 0 Å². The number of fused-ring (bicyclic) bond motifs is 2. The first-order valence-corrected chi connectivity index (χ1v) is 13.6. The average molecular weight is 532 g/mol. The van der Waals surface area contributed by atoms with Gasteiger partial charge in [-0.1, -0.05) is 19.1 Å². The van der Waals surface area contributed by atoms with Crippen molar-refractivity contribution in [3.63, 3.8) is 0 Å². The third-order valence-corrected chi connectivity index (χ3v) is 9.40. The number of hydrogen-bond donors (Lipinski definition) is 7. The van der Waals surface area contributed by atoms with E-state index in [0.29, 0.717) is 42.4 Å². The van der Waals surface area contributed by atoms with E-state index in [4.69, 9.17) is 9.47 Å². The Balaban J connectivity index is 1.53. The van der Waals surface area contributed by atoms with E-state index in [9.17, 15) is 30.6 Å². The monoisotopic (exact) mass is 531 g/mol. The number of allylic oxidation sites excluding steroid dienone is 1. The Labute approximate surface area is 223 Å². The lowest BCUT2D eigenvalue weighted by Crippen LogP contribution is -2.57. The summed E-state index contributed by atoms with van der Waals surface area (Å²) in [5.74, 6) is 0.0980. The normalized spacial score (nSPS) is 37.8. The highest BCUT2D eigenvalue weighted by atomic mass is 16.5. The van der Waals surface area contributed by atoms with Crippen LogP contribution in [-0.2, 0) is 17.6 Å². The average Bonchev–Trinajstić information content (AvgIpc) is 2.91. The van der Waals surface area contributed by atoms with Crippen LogP contribution in [0.1, 0.15) is 43.7 Å². The molecule has 6 unspecified atom stereocenters. The molecule has 210 valence electrons. The summed E-state index contributed by atoms with van der Waals surface area (Å²) in [4.78, 5) is 0. The minimum atomic E-state index is -1.70. The molecule has 7 N–H and O–H groups in total. The molecule has 1 aromatic rings. The molecule has 1 aromatic carbocycles. The maximum atomic E-state index is 11.7. The molecule has 0 amide bonds. The molecule has 0 spiro atoms. The topological polar surface area (TPSA) is 152 Å². The predicted molar refractivity (Wildman–Crippen MR) is 140 cm³/mol. The summed E-state index contributed by atoms with van der Waals surface area (Å²) in [6.45, 7) is 1.33. The zero-order valence-corrected chi connectivity index (χ0v) is 22.3. The van der Waals surface area contributed by atoms with Crippen LogP contribution in [0, 0.1) is 11.8 Å². The number of nitrogens with one attached hydrogen (secondary N) is 1. The van der Waals surface area contributed by atoms with Gasteiger partial charge in [-0.25, -0.2) is 0 Å². The van der Waals surface area contributed by atoms with Gasteiger partial charge in [-0.2, -0.15) is 0 Å². The van der Waals surface area contributed by atoms with Crippen LogP contribution in [0.3, 0.4) is 0 Å². The van der Waals surface area contributed by atoms with Gasteiger partial charge in [-0.05, 0) is 55.9 Å². The van der Waals surface area contributed by atoms with Gasteiger partial charge in [0.15, 0.2) is 0 Å². The lowest BCUT2D eigenvalue weighted by Gasteiger charge is -2.50. The van der Waals surface area contributed by atoms with E-state index in [0.717, 1.165) is 16.9 Å². The molecular formula is C29H41NO8. The van der Waals surface area contributed by atoms with E-state index < -0.39 is 42.5 Å². The molecule has 2 fully saturated rings. The first-order valence-electron chi connectivity index (χ1n) is 13.6. The molecule has 4 aliphatic carbocycles. The third-order valence-electron chi connectivity index (χ3n) is 9.40. The Hall–Kier alpha value is -1.98. The van der Waals surface area contributed by atoms with Crippen molar-refractivity contribution in [2.45, 2.75) is 87.6 Å². The third kappa shape index (κ3) is 4.58. The first kappa shape index (κ1) is 27.6. The van der Waals surface area contributed by atoms with Crippen LogP contribution in [0.5, 0.6) is 5.75 Å². The van der Waals surface area contributed by atoms with Gasteiger partial charge >= 0.3 is 0 Å². The molecule has 0 bridgehead atoms. The second-order valence-corrected chi connectivity index (χ2v) is 11.6.